The molecule has 123 heavy (non-hydrogen) atoms. The first kappa shape index (κ1) is 102. The van der Waals surface area contributed by atoms with Crippen LogP contribution in [0.5, 0.6) is 0 Å². The van der Waals surface area contributed by atoms with Gasteiger partial charge in [0.25, 0.3) is 0 Å². The number of carboxylic acid groups (broad SMARTS) is 1. The maximum Gasteiger partial charge on any atom is 0.488 e. The number of hydrogen-bond donors (Lipinski definition) is 8. The Morgan fingerprint density at radius 2 is 0.715 bits per heavy atom. The lowest BCUT2D eigenvalue weighted by Crippen LogP contribution is -2.29. The fourth-order valence-corrected chi connectivity index (χ4v) is 18.2. The van der Waals surface area contributed by atoms with Crippen molar-refractivity contribution in [2.75, 3.05) is 116 Å². The molecule has 0 unspecified atom stereocenters. The predicted molar refractivity (Wildman–Crippen MR) is 477 cm³/mol. The van der Waals surface area contributed by atoms with E-state index in [1.165, 1.54) is 82.3 Å². The Hall–Kier alpha value is -11.1. The van der Waals surface area contributed by atoms with Crippen molar-refractivity contribution in [1.82, 2.24) is 49.8 Å². The molecule has 0 saturated carbocycles. The van der Waals surface area contributed by atoms with E-state index in [9.17, 15) is 49.9 Å². The van der Waals surface area contributed by atoms with Crippen molar-refractivity contribution in [1.29, 1.82) is 0 Å². The number of aryl methyl sites for hydroxylation is 4. The van der Waals surface area contributed by atoms with Gasteiger partial charge in [-0.25, -0.2) is 85.9 Å². The number of rotatable bonds is 25. The van der Waals surface area contributed by atoms with Crippen LogP contribution in [0.3, 0.4) is 0 Å². The Morgan fingerprint density at radius 3 is 1.07 bits per heavy atom. The molecule has 0 aliphatic heterocycles. The molecule has 0 aliphatic carbocycles. The lowest BCUT2D eigenvalue weighted by atomic mass is 9.80. The average molecular weight is 1960 g/mol. The van der Waals surface area contributed by atoms with Gasteiger partial charge in [-0.1, -0.05) is 131 Å². The maximum absolute atomic E-state index is 13.0. The molecule has 0 saturated heterocycles. The Kier molecular flexibility index (Phi) is 41.0. The van der Waals surface area contributed by atoms with E-state index in [2.05, 4.69) is 137 Å². The van der Waals surface area contributed by atoms with Crippen molar-refractivity contribution in [2.24, 2.45) is 0 Å². The summed E-state index contributed by atoms with van der Waals surface area (Å²) in [4.78, 5) is 99.1. The normalized spacial score (nSPS) is 10.8. The second-order valence-electron chi connectivity index (χ2n) is 25.0. The molecule has 0 radical (unpaired) electrons. The standard InChI is InChI=1S/C23H26N3O6PS.C14H15N3O2.C13H13N3O2.C9H14NO5PS.C7H9BO2.C7H8BrN3O2.C6H4Br2N2O2/c1-16-5-9-18(10-6-16)20-14-25-23(24-2)22(26-20)21(27)13-17-7-11-19(12-8-17)34(29,30)15-33(28,31-3)32-4;1-9-4-6-10(7-5-9)11-8-16-13(15-2)12(17-11)14(18)19-3;1-8-3-5-9(6-4-8)10-7-15-12(14-2)11(16-10)13(17)18;1-14-16(11,15-2)7-17(12,13)9-5-3-8(10)4-6-9;1-6-2-4-7(5-3-6)8(9)10;1-9-6-5(7(12)13-2)11-4(8)3-10-6;1-12-6(11)4-5(8)9-2-3(7)10-4/h5-12,14H,13,15H2,1-4H3,(H,24,25);4-8H,1-3H3,(H,15,16);3-7H,1-2H3,(H,14,15)(H,17,18);3-6H,7,10H2,1-2H3;2-5,9-10H,1H3;3H,1-2H3,(H,9,10);2H,1H3. The zero-order chi connectivity index (χ0) is 91.5. The lowest BCUT2D eigenvalue weighted by Gasteiger charge is -2.14. The third-order valence-corrected chi connectivity index (χ3v) is 27.2. The molecule has 652 valence electrons. The van der Waals surface area contributed by atoms with Gasteiger partial charge in [-0.05, 0) is 123 Å². The molecule has 6 aromatic carbocycles. The van der Waals surface area contributed by atoms with E-state index in [1.54, 1.807) is 58.9 Å². The number of methoxy groups -OCH3 is 3. The van der Waals surface area contributed by atoms with Crippen LogP contribution in [0.4, 0.5) is 29.0 Å². The van der Waals surface area contributed by atoms with Crippen molar-refractivity contribution in [3.05, 3.63) is 247 Å². The fraction of sp³-hybridized carbons (Fsp3) is 0.228. The summed E-state index contributed by atoms with van der Waals surface area (Å²) in [5, 5.41) is 37.6. The first-order valence-corrected chi connectivity index (χ1v) is 44.9. The summed E-state index contributed by atoms with van der Waals surface area (Å²) in [5.41, 5.74) is 15.1. The van der Waals surface area contributed by atoms with Crippen molar-refractivity contribution < 1.29 is 97.4 Å². The van der Waals surface area contributed by atoms with Gasteiger partial charge in [0.05, 0.1) is 79.2 Å². The van der Waals surface area contributed by atoms with Crippen molar-refractivity contribution >= 4 is 154 Å². The van der Waals surface area contributed by atoms with Crippen molar-refractivity contribution in [3.63, 3.8) is 0 Å². The number of ether oxygens (including phenoxy) is 3. The number of nitrogens with zero attached hydrogens (tertiary/aromatic N) is 10. The first-order valence-electron chi connectivity index (χ1n) is 35.7. The average Bonchev–Trinajstić information content (AvgIpc) is 0.761. The van der Waals surface area contributed by atoms with Crippen LogP contribution in [-0.2, 0) is 67.5 Å². The summed E-state index contributed by atoms with van der Waals surface area (Å²) >= 11 is 9.28. The van der Waals surface area contributed by atoms with Gasteiger partial charge in [-0.3, -0.25) is 13.9 Å². The third kappa shape index (κ3) is 31.6. The van der Waals surface area contributed by atoms with Crippen LogP contribution < -0.4 is 32.5 Å². The number of Topliss-reactive ketones (excluding diaryl/α,β-unsaturated/α-hetero) is 1. The number of carboxylic acids is 1. The van der Waals surface area contributed by atoms with Crippen molar-refractivity contribution in [3.8, 4) is 33.8 Å². The van der Waals surface area contributed by atoms with Crippen LogP contribution >= 0.6 is 63.0 Å². The topological polar surface area (TPSA) is 516 Å². The predicted octanol–water partition coefficient (Wildman–Crippen LogP) is 12.6. The number of carbonyl (C=O) groups excluding carboxylic acids is 4. The van der Waals surface area contributed by atoms with E-state index < -0.39 is 76.8 Å². The van der Waals surface area contributed by atoms with Gasteiger partial charge >= 0.3 is 46.2 Å². The van der Waals surface area contributed by atoms with Gasteiger partial charge in [0.2, 0.25) is 0 Å². The SMILES string of the molecule is CNc1ncc(-c2ccc(C)cc2)nc1C(=O)Cc1ccc(S(=O)(=O)CP(=O)(OC)OC)cc1.CNc1ncc(-c2ccc(C)cc2)nc1C(=O)O.CNc1ncc(-c2ccc(C)cc2)nc1C(=O)OC.CNc1ncc(Br)nc1C(=O)OC.COC(=O)c1nc(Br)cnc1Br.COP(=O)(CS(=O)(=O)c1ccc(N)cc1)OC.Cc1ccc(B(O)O)cc1. The van der Waals surface area contributed by atoms with E-state index in [-0.39, 0.29) is 56.3 Å². The maximum atomic E-state index is 13.0. The Labute approximate surface area is 736 Å². The minimum atomic E-state index is -3.92. The summed E-state index contributed by atoms with van der Waals surface area (Å²) in [6.07, 6.45) is 7.77. The van der Waals surface area contributed by atoms with Crippen LogP contribution in [0, 0.1) is 27.7 Å². The number of ketones is 1. The summed E-state index contributed by atoms with van der Waals surface area (Å²) in [6, 6.07) is 41.8. The quantitative estimate of drug-likeness (QED) is 0.00658. The molecule has 11 aromatic rings. The molecule has 0 fully saturated rings. The summed E-state index contributed by atoms with van der Waals surface area (Å²) in [5.74, 6) is -1.49. The number of hydrogen-bond acceptors (Lipinski definition) is 35. The second-order valence-corrected chi connectivity index (χ2v) is 36.7. The Morgan fingerprint density at radius 1 is 0.415 bits per heavy atom. The van der Waals surface area contributed by atoms with Crippen LogP contribution in [0.15, 0.2) is 200 Å². The zero-order valence-electron chi connectivity index (χ0n) is 69.0. The number of carbonyl (C=O) groups is 5. The monoisotopic (exact) mass is 1960 g/mol. The minimum Gasteiger partial charge on any atom is -0.476 e. The minimum absolute atomic E-state index is 0.00429. The van der Waals surface area contributed by atoms with Gasteiger partial charge in [0, 0.05) is 85.4 Å². The fourth-order valence-electron chi connectivity index (χ4n) is 9.68. The van der Waals surface area contributed by atoms with Gasteiger partial charge < -0.3 is 74.5 Å². The highest BCUT2D eigenvalue weighted by molar-refractivity contribution is 9.11. The molecule has 5 heterocycles. The summed E-state index contributed by atoms with van der Waals surface area (Å²) in [7, 11) is -1.28. The highest BCUT2D eigenvalue weighted by Gasteiger charge is 2.33. The third-order valence-electron chi connectivity index (χ3n) is 16.4. The number of nitrogen functional groups attached to an aromatic ring is 1. The first-order chi connectivity index (χ1) is 58.2. The molecule has 0 amide bonds. The number of nitrogens with two attached hydrogens (primary N) is 1. The smallest absolute Gasteiger partial charge is 0.476 e. The molecule has 11 rings (SSSR count). The second kappa shape index (κ2) is 49.3. The Balaban J connectivity index is 0.000000265. The number of halogens is 3. The van der Waals surface area contributed by atoms with E-state index in [1.807, 2.05) is 113 Å². The Bertz CT molecular complexity index is 5750. The largest absolute Gasteiger partial charge is 0.488 e. The number of benzene rings is 6. The molecule has 36 nitrogen and oxygen atoms in total. The molecule has 0 spiro atoms. The number of aromatic carboxylic acids is 1. The molecule has 0 aliphatic rings. The van der Waals surface area contributed by atoms with Crippen LogP contribution in [0.25, 0.3) is 33.8 Å². The van der Waals surface area contributed by atoms with Crippen LogP contribution in [0.1, 0.15) is 80.3 Å². The van der Waals surface area contributed by atoms with Gasteiger partial charge in [-0.2, -0.15) is 0 Å². The van der Waals surface area contributed by atoms with E-state index >= 15 is 0 Å². The summed E-state index contributed by atoms with van der Waals surface area (Å²) < 4.78 is 107. The van der Waals surface area contributed by atoms with Gasteiger partial charge in [0.1, 0.15) is 19.5 Å². The number of anilines is 5. The molecular formula is C79H89BBr3N15O21P2S2. The molecule has 5 aromatic heterocycles. The van der Waals surface area contributed by atoms with E-state index in [4.69, 9.17) is 34.7 Å². The van der Waals surface area contributed by atoms with Crippen LogP contribution in [0.2, 0.25) is 0 Å². The highest BCUT2D eigenvalue weighted by atomic mass is 79.9. The molecule has 44 heteroatoms. The van der Waals surface area contributed by atoms with E-state index in [0.29, 0.717) is 65.1 Å². The van der Waals surface area contributed by atoms with Crippen LogP contribution in [-0.4, -0.2) is 208 Å². The molecule has 0 atom stereocenters. The number of nitrogens with one attached hydrogen (secondary N) is 4. The van der Waals surface area contributed by atoms with E-state index in [0.717, 1.165) is 67.4 Å². The van der Waals surface area contributed by atoms with Crippen molar-refractivity contribution in [2.45, 2.75) is 43.9 Å². The number of aromatic nitrogens is 10. The number of sulfone groups is 2. The lowest BCUT2D eigenvalue weighted by molar-refractivity contribution is 0.0584. The highest BCUT2D eigenvalue weighted by Crippen LogP contribution is 2.49. The van der Waals surface area contributed by atoms with Gasteiger partial charge in [0.15, 0.2) is 82.5 Å². The van der Waals surface area contributed by atoms with Gasteiger partial charge in [-0.15, -0.1) is 0 Å². The molecule has 9 N–H and O–H groups in total. The molecular weight excluding hydrogens is 1870 g/mol. The zero-order valence-corrected chi connectivity index (χ0v) is 77.2. The molecule has 0 bridgehead atoms. The number of esters is 3. The summed E-state index contributed by atoms with van der Waals surface area (Å²) in [6.45, 7) is 7.94.